The smallest absolute Gasteiger partial charge is 0.123 e. The molecule has 0 aromatic heterocycles. The number of halogens is 2. The van der Waals surface area contributed by atoms with Gasteiger partial charge in [0.25, 0.3) is 0 Å². The van der Waals surface area contributed by atoms with Gasteiger partial charge in [-0.3, -0.25) is 0 Å². The predicted octanol–water partition coefficient (Wildman–Crippen LogP) is 4.52. The van der Waals surface area contributed by atoms with Gasteiger partial charge in [-0.05, 0) is 55.3 Å². The summed E-state index contributed by atoms with van der Waals surface area (Å²) >= 11 is 5.83. The van der Waals surface area contributed by atoms with Crippen molar-refractivity contribution < 1.29 is 4.39 Å². The summed E-state index contributed by atoms with van der Waals surface area (Å²) in [6.45, 7) is 2.10. The fourth-order valence-electron chi connectivity index (χ4n) is 1.86. The first-order valence-electron chi connectivity index (χ1n) is 5.90. The zero-order chi connectivity index (χ0) is 13.0. The van der Waals surface area contributed by atoms with Crippen LogP contribution in [0.4, 0.5) is 10.1 Å². The van der Waals surface area contributed by atoms with E-state index in [0.717, 1.165) is 22.7 Å². The Labute approximate surface area is 112 Å². The van der Waals surface area contributed by atoms with Crippen LogP contribution in [0, 0.1) is 5.82 Å². The highest BCUT2D eigenvalue weighted by Gasteiger charge is 2.03. The SMILES string of the molecule is CC(Cc1ccc(F)cc1)Nc1ccc(Cl)cc1. The number of rotatable bonds is 4. The topological polar surface area (TPSA) is 12.0 Å². The van der Waals surface area contributed by atoms with Gasteiger partial charge in [-0.2, -0.15) is 0 Å². The normalized spacial score (nSPS) is 12.2. The predicted molar refractivity (Wildman–Crippen MR) is 74.6 cm³/mol. The van der Waals surface area contributed by atoms with E-state index in [9.17, 15) is 4.39 Å². The van der Waals surface area contributed by atoms with Gasteiger partial charge >= 0.3 is 0 Å². The molecule has 1 atom stereocenters. The Morgan fingerprint density at radius 3 is 2.28 bits per heavy atom. The molecule has 0 radical (unpaired) electrons. The summed E-state index contributed by atoms with van der Waals surface area (Å²) in [5.41, 5.74) is 2.15. The average molecular weight is 264 g/mol. The number of hydrogen-bond acceptors (Lipinski definition) is 1. The fourth-order valence-corrected chi connectivity index (χ4v) is 1.98. The van der Waals surface area contributed by atoms with Crippen molar-refractivity contribution in [2.45, 2.75) is 19.4 Å². The molecule has 1 N–H and O–H groups in total. The first kappa shape index (κ1) is 12.9. The quantitative estimate of drug-likeness (QED) is 0.855. The van der Waals surface area contributed by atoms with Gasteiger partial charge in [0.15, 0.2) is 0 Å². The molecule has 2 aromatic rings. The van der Waals surface area contributed by atoms with Crippen LogP contribution in [0.15, 0.2) is 48.5 Å². The molecule has 2 aromatic carbocycles. The highest BCUT2D eigenvalue weighted by atomic mass is 35.5. The van der Waals surface area contributed by atoms with Gasteiger partial charge in [0.1, 0.15) is 5.82 Å². The van der Waals surface area contributed by atoms with Gasteiger partial charge in [0.2, 0.25) is 0 Å². The van der Waals surface area contributed by atoms with Crippen molar-refractivity contribution in [1.29, 1.82) is 0 Å². The summed E-state index contributed by atoms with van der Waals surface area (Å²) in [5, 5.41) is 4.11. The van der Waals surface area contributed by atoms with Gasteiger partial charge in [-0.15, -0.1) is 0 Å². The molecule has 0 saturated carbocycles. The second kappa shape index (κ2) is 5.87. The first-order chi connectivity index (χ1) is 8.63. The lowest BCUT2D eigenvalue weighted by molar-refractivity contribution is 0.626. The van der Waals surface area contributed by atoms with Crippen LogP contribution in [0.1, 0.15) is 12.5 Å². The Morgan fingerprint density at radius 1 is 1.06 bits per heavy atom. The average Bonchev–Trinajstić information content (AvgIpc) is 2.35. The molecule has 0 aliphatic carbocycles. The molecule has 2 rings (SSSR count). The molecule has 0 fully saturated rings. The Bertz CT molecular complexity index is 445. The molecule has 0 heterocycles. The molecule has 0 bridgehead atoms. The van der Waals surface area contributed by atoms with Crippen molar-refractivity contribution in [2.75, 3.05) is 5.32 Å². The van der Waals surface area contributed by atoms with Crippen LogP contribution in [0.2, 0.25) is 5.02 Å². The van der Waals surface area contributed by atoms with Crippen molar-refractivity contribution in [2.24, 2.45) is 0 Å². The summed E-state index contributed by atoms with van der Waals surface area (Å²) in [6.07, 6.45) is 0.850. The summed E-state index contributed by atoms with van der Waals surface area (Å²) in [7, 11) is 0. The number of anilines is 1. The Kier molecular flexibility index (Phi) is 4.21. The highest BCUT2D eigenvalue weighted by molar-refractivity contribution is 6.30. The molecule has 0 spiro atoms. The summed E-state index contributed by atoms with van der Waals surface area (Å²) < 4.78 is 12.8. The summed E-state index contributed by atoms with van der Waals surface area (Å²) in [4.78, 5) is 0. The van der Waals surface area contributed by atoms with Gasteiger partial charge in [-0.1, -0.05) is 23.7 Å². The van der Waals surface area contributed by atoms with Crippen LogP contribution in [-0.2, 0) is 6.42 Å². The van der Waals surface area contributed by atoms with Crippen molar-refractivity contribution in [3.63, 3.8) is 0 Å². The van der Waals surface area contributed by atoms with E-state index in [1.54, 1.807) is 0 Å². The molecule has 0 saturated heterocycles. The van der Waals surface area contributed by atoms with Gasteiger partial charge in [0, 0.05) is 16.8 Å². The van der Waals surface area contributed by atoms with Crippen molar-refractivity contribution in [3.8, 4) is 0 Å². The standard InChI is InChI=1S/C15H15ClFN/c1-11(10-12-2-6-14(17)7-3-12)18-15-8-4-13(16)5-9-15/h2-9,11,18H,10H2,1H3. The van der Waals surface area contributed by atoms with E-state index < -0.39 is 0 Å². The molecule has 18 heavy (non-hydrogen) atoms. The van der Waals surface area contributed by atoms with E-state index in [-0.39, 0.29) is 11.9 Å². The molecule has 1 unspecified atom stereocenters. The largest absolute Gasteiger partial charge is 0.382 e. The summed E-state index contributed by atoms with van der Waals surface area (Å²) in [6, 6.07) is 14.5. The third-order valence-corrected chi connectivity index (χ3v) is 2.96. The minimum atomic E-state index is -0.197. The monoisotopic (exact) mass is 263 g/mol. The van der Waals surface area contributed by atoms with Gasteiger partial charge in [0.05, 0.1) is 0 Å². The number of hydrogen-bond donors (Lipinski definition) is 1. The molecular formula is C15H15ClFN. The van der Waals surface area contributed by atoms with Crippen LogP contribution in [0.3, 0.4) is 0 Å². The molecule has 0 aliphatic heterocycles. The van der Waals surface area contributed by atoms with Crippen LogP contribution in [0.25, 0.3) is 0 Å². The van der Waals surface area contributed by atoms with E-state index in [4.69, 9.17) is 11.6 Å². The Hall–Kier alpha value is -1.54. The van der Waals surface area contributed by atoms with Crippen LogP contribution < -0.4 is 5.32 Å². The van der Waals surface area contributed by atoms with Crippen LogP contribution in [0.5, 0.6) is 0 Å². The molecule has 94 valence electrons. The number of benzene rings is 2. The Morgan fingerprint density at radius 2 is 1.67 bits per heavy atom. The lowest BCUT2D eigenvalue weighted by Gasteiger charge is -2.15. The molecule has 0 aliphatic rings. The van der Waals surface area contributed by atoms with Crippen molar-refractivity contribution in [3.05, 3.63) is 64.9 Å². The first-order valence-corrected chi connectivity index (χ1v) is 6.28. The van der Waals surface area contributed by atoms with Crippen molar-refractivity contribution in [1.82, 2.24) is 0 Å². The maximum absolute atomic E-state index is 12.8. The van der Waals surface area contributed by atoms with E-state index in [2.05, 4.69) is 12.2 Å². The number of nitrogens with one attached hydrogen (secondary N) is 1. The van der Waals surface area contributed by atoms with E-state index >= 15 is 0 Å². The minimum absolute atomic E-state index is 0.197. The summed E-state index contributed by atoms with van der Waals surface area (Å²) in [5.74, 6) is -0.197. The van der Waals surface area contributed by atoms with Gasteiger partial charge in [-0.25, -0.2) is 4.39 Å². The molecule has 3 heteroatoms. The Balaban J connectivity index is 1.94. The van der Waals surface area contributed by atoms with E-state index in [0.29, 0.717) is 0 Å². The molecule has 1 nitrogen and oxygen atoms in total. The second-order valence-corrected chi connectivity index (χ2v) is 4.82. The third-order valence-electron chi connectivity index (χ3n) is 2.71. The van der Waals surface area contributed by atoms with Gasteiger partial charge < -0.3 is 5.32 Å². The maximum atomic E-state index is 12.8. The molecular weight excluding hydrogens is 249 g/mol. The highest BCUT2D eigenvalue weighted by Crippen LogP contribution is 2.15. The lowest BCUT2D eigenvalue weighted by atomic mass is 10.1. The van der Waals surface area contributed by atoms with Crippen LogP contribution >= 0.6 is 11.6 Å². The zero-order valence-corrected chi connectivity index (χ0v) is 10.9. The van der Waals surface area contributed by atoms with Crippen LogP contribution in [-0.4, -0.2) is 6.04 Å². The lowest BCUT2D eigenvalue weighted by Crippen LogP contribution is -2.17. The van der Waals surface area contributed by atoms with E-state index in [1.807, 2.05) is 36.4 Å². The fraction of sp³-hybridized carbons (Fsp3) is 0.200. The zero-order valence-electron chi connectivity index (χ0n) is 10.2. The van der Waals surface area contributed by atoms with E-state index in [1.165, 1.54) is 12.1 Å². The second-order valence-electron chi connectivity index (χ2n) is 4.38. The molecule has 0 amide bonds. The minimum Gasteiger partial charge on any atom is -0.382 e. The maximum Gasteiger partial charge on any atom is 0.123 e. The third kappa shape index (κ3) is 3.74. The van der Waals surface area contributed by atoms with Crippen molar-refractivity contribution >= 4 is 17.3 Å².